The lowest BCUT2D eigenvalue weighted by atomic mass is 10.0. The third kappa shape index (κ3) is 3.83. The molecule has 2 aliphatic rings. The number of carbonyl (C=O) groups is 2. The molecule has 1 atom stereocenters. The van der Waals surface area contributed by atoms with E-state index < -0.39 is 0 Å². The van der Waals surface area contributed by atoms with E-state index in [0.29, 0.717) is 24.9 Å². The summed E-state index contributed by atoms with van der Waals surface area (Å²) in [5.41, 5.74) is 0. The first-order chi connectivity index (χ1) is 11.1. The molecule has 2 saturated heterocycles. The van der Waals surface area contributed by atoms with Crippen LogP contribution in [0.3, 0.4) is 0 Å². The van der Waals surface area contributed by atoms with E-state index in [1.54, 1.807) is 17.0 Å². The van der Waals surface area contributed by atoms with Crippen LogP contribution in [0.15, 0.2) is 22.8 Å². The van der Waals surface area contributed by atoms with Crippen molar-refractivity contribution in [3.05, 3.63) is 24.2 Å². The molecule has 0 aromatic carbocycles. The summed E-state index contributed by atoms with van der Waals surface area (Å²) >= 11 is 1.90. The van der Waals surface area contributed by atoms with E-state index in [0.717, 1.165) is 30.8 Å². The number of amides is 3. The maximum absolute atomic E-state index is 12.3. The highest BCUT2D eigenvalue weighted by Crippen LogP contribution is 2.21. The van der Waals surface area contributed by atoms with Crippen molar-refractivity contribution in [1.29, 1.82) is 0 Å². The van der Waals surface area contributed by atoms with Gasteiger partial charge in [0.2, 0.25) is 0 Å². The number of nitrogens with one attached hydrogen (secondary N) is 1. The van der Waals surface area contributed by atoms with Crippen molar-refractivity contribution in [1.82, 2.24) is 15.1 Å². The number of likely N-dealkylation sites (tertiary alicyclic amines) is 1. The molecule has 0 bridgehead atoms. The first-order valence-electron chi connectivity index (χ1n) is 8.09. The van der Waals surface area contributed by atoms with Crippen LogP contribution in [0, 0.1) is 0 Å². The van der Waals surface area contributed by atoms with Crippen LogP contribution in [-0.2, 0) is 0 Å². The van der Waals surface area contributed by atoms with Gasteiger partial charge in [0.05, 0.1) is 6.26 Å². The average molecular weight is 337 g/mol. The number of urea groups is 1. The van der Waals surface area contributed by atoms with Gasteiger partial charge in [-0.1, -0.05) is 0 Å². The largest absolute Gasteiger partial charge is 0.459 e. The second kappa shape index (κ2) is 7.29. The van der Waals surface area contributed by atoms with Crippen molar-refractivity contribution in [2.45, 2.75) is 31.3 Å². The van der Waals surface area contributed by atoms with Crippen LogP contribution < -0.4 is 5.32 Å². The molecule has 0 aliphatic carbocycles. The molecule has 1 aromatic rings. The number of nitrogens with zero attached hydrogens (tertiary/aromatic N) is 2. The molecule has 7 heteroatoms. The molecule has 2 fully saturated rings. The Balaban J connectivity index is 1.45. The fraction of sp³-hybridized carbons (Fsp3) is 0.625. The van der Waals surface area contributed by atoms with Crippen LogP contribution >= 0.6 is 11.8 Å². The Morgan fingerprint density at radius 1 is 1.35 bits per heavy atom. The van der Waals surface area contributed by atoms with Gasteiger partial charge in [0, 0.05) is 38.0 Å². The molecular weight excluding hydrogens is 314 g/mol. The summed E-state index contributed by atoms with van der Waals surface area (Å²) in [7, 11) is 1.88. The summed E-state index contributed by atoms with van der Waals surface area (Å²) in [6, 6.07) is 3.90. The molecule has 1 N–H and O–H groups in total. The van der Waals surface area contributed by atoms with Gasteiger partial charge in [-0.05, 0) is 37.1 Å². The molecule has 1 aromatic heterocycles. The molecule has 3 rings (SSSR count). The van der Waals surface area contributed by atoms with Crippen molar-refractivity contribution in [2.24, 2.45) is 0 Å². The number of thioether (sulfide) groups is 1. The van der Waals surface area contributed by atoms with Crippen molar-refractivity contribution >= 4 is 23.7 Å². The van der Waals surface area contributed by atoms with E-state index in [2.05, 4.69) is 5.32 Å². The van der Waals surface area contributed by atoms with Crippen molar-refractivity contribution < 1.29 is 14.0 Å². The van der Waals surface area contributed by atoms with Gasteiger partial charge in [0.15, 0.2) is 5.76 Å². The maximum Gasteiger partial charge on any atom is 0.317 e. The van der Waals surface area contributed by atoms with Crippen LogP contribution in [0.5, 0.6) is 0 Å². The van der Waals surface area contributed by atoms with E-state index in [9.17, 15) is 9.59 Å². The van der Waals surface area contributed by atoms with Crippen LogP contribution in [0.2, 0.25) is 0 Å². The van der Waals surface area contributed by atoms with E-state index in [1.165, 1.54) is 6.26 Å². The molecule has 23 heavy (non-hydrogen) atoms. The van der Waals surface area contributed by atoms with Gasteiger partial charge in [-0.3, -0.25) is 4.79 Å². The zero-order chi connectivity index (χ0) is 16.2. The molecule has 0 unspecified atom stereocenters. The first kappa shape index (κ1) is 16.2. The SMILES string of the molecule is CN(C(=O)NC1CCN(C(=O)c2ccco2)CC1)[C@H]1CCSC1. The standard InChI is InChI=1S/C16H23N3O3S/c1-18(13-6-10-23-11-13)16(21)17-12-4-7-19(8-5-12)15(20)14-3-2-9-22-14/h2-3,9,12-13H,4-8,10-11H2,1H3,(H,17,21)/t13-/m0/s1. The van der Waals surface area contributed by atoms with Gasteiger partial charge >= 0.3 is 6.03 Å². The van der Waals surface area contributed by atoms with Gasteiger partial charge < -0.3 is 19.5 Å². The highest BCUT2D eigenvalue weighted by Gasteiger charge is 2.28. The van der Waals surface area contributed by atoms with Crippen LogP contribution in [0.4, 0.5) is 4.79 Å². The van der Waals surface area contributed by atoms with Gasteiger partial charge in [0.25, 0.3) is 5.91 Å². The summed E-state index contributed by atoms with van der Waals surface area (Å²) in [6.45, 7) is 1.29. The zero-order valence-electron chi connectivity index (χ0n) is 13.4. The molecule has 3 heterocycles. The Labute approximate surface area is 140 Å². The number of rotatable bonds is 3. The first-order valence-corrected chi connectivity index (χ1v) is 9.24. The smallest absolute Gasteiger partial charge is 0.317 e. The predicted octanol–water partition coefficient (Wildman–Crippen LogP) is 2.03. The Hall–Kier alpha value is -1.63. The number of carbonyl (C=O) groups excluding carboxylic acids is 2. The Morgan fingerprint density at radius 2 is 2.13 bits per heavy atom. The van der Waals surface area contributed by atoms with Gasteiger partial charge in [0.1, 0.15) is 0 Å². The monoisotopic (exact) mass is 337 g/mol. The number of hydrogen-bond donors (Lipinski definition) is 1. The number of hydrogen-bond acceptors (Lipinski definition) is 4. The average Bonchev–Trinajstić information content (AvgIpc) is 3.27. The highest BCUT2D eigenvalue weighted by atomic mass is 32.2. The Morgan fingerprint density at radius 3 is 2.74 bits per heavy atom. The van der Waals surface area contributed by atoms with Gasteiger partial charge in [-0.15, -0.1) is 0 Å². The minimum absolute atomic E-state index is 0.00770. The molecule has 126 valence electrons. The predicted molar refractivity (Wildman–Crippen MR) is 89.7 cm³/mol. The van der Waals surface area contributed by atoms with E-state index in [-0.39, 0.29) is 18.0 Å². The quantitative estimate of drug-likeness (QED) is 0.916. The topological polar surface area (TPSA) is 65.8 Å². The third-order valence-corrected chi connectivity index (χ3v) is 5.76. The zero-order valence-corrected chi connectivity index (χ0v) is 14.2. The normalized spacial score (nSPS) is 22.1. The Kier molecular flexibility index (Phi) is 5.15. The fourth-order valence-electron chi connectivity index (χ4n) is 3.05. The number of furan rings is 1. The molecule has 0 radical (unpaired) electrons. The molecular formula is C16H23N3O3S. The van der Waals surface area contributed by atoms with Crippen LogP contribution in [0.25, 0.3) is 0 Å². The maximum atomic E-state index is 12.3. The lowest BCUT2D eigenvalue weighted by Crippen LogP contribution is -2.51. The second-order valence-corrected chi connectivity index (χ2v) is 7.27. The van der Waals surface area contributed by atoms with Gasteiger partial charge in [-0.2, -0.15) is 11.8 Å². The van der Waals surface area contributed by atoms with Crippen molar-refractivity contribution in [2.75, 3.05) is 31.6 Å². The second-order valence-electron chi connectivity index (χ2n) is 6.12. The van der Waals surface area contributed by atoms with E-state index >= 15 is 0 Å². The third-order valence-electron chi connectivity index (χ3n) is 4.62. The minimum atomic E-state index is -0.0696. The Bertz CT molecular complexity index is 535. The highest BCUT2D eigenvalue weighted by molar-refractivity contribution is 7.99. The molecule has 0 spiro atoms. The van der Waals surface area contributed by atoms with Crippen molar-refractivity contribution in [3.8, 4) is 0 Å². The molecule has 2 aliphatic heterocycles. The number of piperidine rings is 1. The molecule has 0 saturated carbocycles. The van der Waals surface area contributed by atoms with Gasteiger partial charge in [-0.25, -0.2) is 4.79 Å². The summed E-state index contributed by atoms with van der Waals surface area (Å²) in [6.07, 6.45) is 4.15. The summed E-state index contributed by atoms with van der Waals surface area (Å²) in [5, 5.41) is 3.11. The van der Waals surface area contributed by atoms with E-state index in [4.69, 9.17) is 4.42 Å². The lowest BCUT2D eigenvalue weighted by Gasteiger charge is -2.33. The van der Waals surface area contributed by atoms with Crippen molar-refractivity contribution in [3.63, 3.8) is 0 Å². The minimum Gasteiger partial charge on any atom is -0.459 e. The summed E-state index contributed by atoms with van der Waals surface area (Å²) in [4.78, 5) is 28.1. The summed E-state index contributed by atoms with van der Waals surface area (Å²) < 4.78 is 5.16. The molecule has 6 nitrogen and oxygen atoms in total. The summed E-state index contributed by atoms with van der Waals surface area (Å²) in [5.74, 6) is 2.47. The van der Waals surface area contributed by atoms with Crippen LogP contribution in [0.1, 0.15) is 29.8 Å². The molecule has 3 amide bonds. The van der Waals surface area contributed by atoms with Crippen LogP contribution in [-0.4, -0.2) is 65.5 Å². The fourth-order valence-corrected chi connectivity index (χ4v) is 4.32. The van der Waals surface area contributed by atoms with E-state index in [1.807, 2.05) is 23.7 Å². The lowest BCUT2D eigenvalue weighted by molar-refractivity contribution is 0.0674.